The van der Waals surface area contributed by atoms with Gasteiger partial charge in [0.25, 0.3) is 0 Å². The fourth-order valence-electron chi connectivity index (χ4n) is 1.82. The quantitative estimate of drug-likeness (QED) is 0.713. The lowest BCUT2D eigenvalue weighted by molar-refractivity contribution is 0.733. The van der Waals surface area contributed by atoms with E-state index in [1.54, 1.807) is 0 Å². The van der Waals surface area contributed by atoms with Crippen LogP contribution in [0.4, 0.5) is 0 Å². The Balaban J connectivity index is 2.35. The first-order valence-corrected chi connectivity index (χ1v) is 5.48. The maximum atomic E-state index is 6.08. The number of benzene rings is 1. The predicted octanol–water partition coefficient (Wildman–Crippen LogP) is 1.97. The van der Waals surface area contributed by atoms with E-state index in [9.17, 15) is 0 Å². The molecule has 0 saturated carbocycles. The minimum Gasteiger partial charge on any atom is -0.323 e. The van der Waals surface area contributed by atoms with E-state index in [1.807, 2.05) is 11.8 Å². The van der Waals surface area contributed by atoms with Gasteiger partial charge in [-0.3, -0.25) is 0 Å². The Labute approximate surface area is 77.3 Å². The molecule has 1 aromatic rings. The largest absolute Gasteiger partial charge is 0.323 e. The SMILES string of the molecule is CSC1Cc2ccccc2C1N. The van der Waals surface area contributed by atoms with Crippen LogP contribution in [0.15, 0.2) is 24.3 Å². The molecule has 0 saturated heterocycles. The zero-order chi connectivity index (χ0) is 8.55. The number of fused-ring (bicyclic) bond motifs is 1. The number of hydrogen-bond acceptors (Lipinski definition) is 2. The van der Waals surface area contributed by atoms with Crippen LogP contribution in [0.2, 0.25) is 0 Å². The Morgan fingerprint density at radius 2 is 2.17 bits per heavy atom. The van der Waals surface area contributed by atoms with Crippen molar-refractivity contribution in [1.29, 1.82) is 0 Å². The van der Waals surface area contributed by atoms with Crippen molar-refractivity contribution in [1.82, 2.24) is 0 Å². The van der Waals surface area contributed by atoms with Gasteiger partial charge in [0.2, 0.25) is 0 Å². The second kappa shape index (κ2) is 3.11. The van der Waals surface area contributed by atoms with Crippen molar-refractivity contribution in [3.63, 3.8) is 0 Å². The predicted molar refractivity (Wildman–Crippen MR) is 54.4 cm³/mol. The van der Waals surface area contributed by atoms with Crippen LogP contribution in [0.1, 0.15) is 17.2 Å². The van der Waals surface area contributed by atoms with Gasteiger partial charge in [-0.2, -0.15) is 11.8 Å². The van der Waals surface area contributed by atoms with Crippen LogP contribution in [-0.2, 0) is 6.42 Å². The molecule has 0 aliphatic heterocycles. The van der Waals surface area contributed by atoms with Crippen molar-refractivity contribution in [2.45, 2.75) is 17.7 Å². The van der Waals surface area contributed by atoms with Crippen LogP contribution in [0.5, 0.6) is 0 Å². The normalized spacial score (nSPS) is 27.2. The Bertz CT molecular complexity index is 285. The molecular weight excluding hydrogens is 166 g/mol. The monoisotopic (exact) mass is 179 g/mol. The highest BCUT2D eigenvalue weighted by atomic mass is 32.2. The summed E-state index contributed by atoms with van der Waals surface area (Å²) in [6.07, 6.45) is 3.27. The van der Waals surface area contributed by atoms with E-state index in [2.05, 4.69) is 30.5 Å². The maximum Gasteiger partial charge on any atom is 0.0421 e. The molecule has 1 nitrogen and oxygen atoms in total. The molecule has 1 aliphatic rings. The number of hydrogen-bond donors (Lipinski definition) is 1. The first-order valence-electron chi connectivity index (χ1n) is 4.19. The summed E-state index contributed by atoms with van der Waals surface area (Å²) >= 11 is 1.87. The molecule has 2 heteroatoms. The zero-order valence-corrected chi connectivity index (χ0v) is 7.97. The van der Waals surface area contributed by atoms with Crippen molar-refractivity contribution < 1.29 is 0 Å². The van der Waals surface area contributed by atoms with Gasteiger partial charge in [0.15, 0.2) is 0 Å². The fourth-order valence-corrected chi connectivity index (χ4v) is 2.61. The average Bonchev–Trinajstić information content (AvgIpc) is 2.44. The standard InChI is InChI=1S/C10H13NS/c1-12-9-6-7-4-2-3-5-8(7)10(9)11/h2-5,9-10H,6,11H2,1H3. The van der Waals surface area contributed by atoms with Gasteiger partial charge < -0.3 is 5.73 Å². The molecule has 0 radical (unpaired) electrons. The van der Waals surface area contributed by atoms with E-state index in [4.69, 9.17) is 5.73 Å². The molecule has 2 rings (SSSR count). The smallest absolute Gasteiger partial charge is 0.0421 e. The third-order valence-corrected chi connectivity index (χ3v) is 3.60. The highest BCUT2D eigenvalue weighted by molar-refractivity contribution is 7.99. The van der Waals surface area contributed by atoms with Gasteiger partial charge in [-0.15, -0.1) is 0 Å². The maximum absolute atomic E-state index is 6.08. The van der Waals surface area contributed by atoms with Crippen LogP contribution in [0.3, 0.4) is 0 Å². The van der Waals surface area contributed by atoms with E-state index >= 15 is 0 Å². The summed E-state index contributed by atoms with van der Waals surface area (Å²) in [5, 5.41) is 0.586. The van der Waals surface area contributed by atoms with E-state index in [1.165, 1.54) is 11.1 Å². The second-order valence-electron chi connectivity index (χ2n) is 3.20. The first-order chi connectivity index (χ1) is 5.83. The van der Waals surface area contributed by atoms with Gasteiger partial charge in [-0.1, -0.05) is 24.3 Å². The molecule has 0 amide bonds. The molecule has 2 N–H and O–H groups in total. The van der Waals surface area contributed by atoms with E-state index in [0.29, 0.717) is 5.25 Å². The average molecular weight is 179 g/mol. The highest BCUT2D eigenvalue weighted by Crippen LogP contribution is 2.35. The third kappa shape index (κ3) is 1.15. The van der Waals surface area contributed by atoms with Gasteiger partial charge in [0, 0.05) is 11.3 Å². The van der Waals surface area contributed by atoms with E-state index in [-0.39, 0.29) is 6.04 Å². The molecule has 12 heavy (non-hydrogen) atoms. The minimum atomic E-state index is 0.246. The molecule has 0 heterocycles. The molecular formula is C10H13NS. The van der Waals surface area contributed by atoms with Crippen molar-refractivity contribution in [2.75, 3.05) is 6.26 Å². The lowest BCUT2D eigenvalue weighted by Gasteiger charge is -2.12. The van der Waals surface area contributed by atoms with Crippen LogP contribution in [0, 0.1) is 0 Å². The minimum absolute atomic E-state index is 0.246. The molecule has 2 unspecified atom stereocenters. The molecule has 0 fully saturated rings. The van der Waals surface area contributed by atoms with Crippen LogP contribution >= 0.6 is 11.8 Å². The van der Waals surface area contributed by atoms with Gasteiger partial charge >= 0.3 is 0 Å². The number of rotatable bonds is 1. The molecule has 1 aliphatic carbocycles. The van der Waals surface area contributed by atoms with Crippen molar-refractivity contribution >= 4 is 11.8 Å². The van der Waals surface area contributed by atoms with Crippen molar-refractivity contribution in [3.8, 4) is 0 Å². The van der Waals surface area contributed by atoms with Gasteiger partial charge in [-0.25, -0.2) is 0 Å². The van der Waals surface area contributed by atoms with E-state index in [0.717, 1.165) is 6.42 Å². The van der Waals surface area contributed by atoms with E-state index < -0.39 is 0 Å². The highest BCUT2D eigenvalue weighted by Gasteiger charge is 2.27. The Hall–Kier alpha value is -0.470. The molecule has 0 aromatic heterocycles. The summed E-state index contributed by atoms with van der Waals surface area (Å²) in [5.41, 5.74) is 8.86. The van der Waals surface area contributed by atoms with Crippen molar-refractivity contribution in [2.24, 2.45) is 5.73 Å². The Morgan fingerprint density at radius 3 is 2.83 bits per heavy atom. The van der Waals surface area contributed by atoms with Crippen LogP contribution in [-0.4, -0.2) is 11.5 Å². The number of nitrogens with two attached hydrogens (primary N) is 1. The van der Waals surface area contributed by atoms with Crippen LogP contribution in [0.25, 0.3) is 0 Å². The van der Waals surface area contributed by atoms with Gasteiger partial charge in [0.1, 0.15) is 0 Å². The molecule has 64 valence electrons. The second-order valence-corrected chi connectivity index (χ2v) is 4.28. The zero-order valence-electron chi connectivity index (χ0n) is 7.16. The third-order valence-electron chi connectivity index (χ3n) is 2.54. The summed E-state index contributed by atoms with van der Waals surface area (Å²) in [5.74, 6) is 0. The first kappa shape index (κ1) is 8.14. The fraction of sp³-hybridized carbons (Fsp3) is 0.400. The summed E-state index contributed by atoms with van der Waals surface area (Å²) in [7, 11) is 0. The lowest BCUT2D eigenvalue weighted by atomic mass is 10.1. The topological polar surface area (TPSA) is 26.0 Å². The summed E-state index contributed by atoms with van der Waals surface area (Å²) in [4.78, 5) is 0. The Morgan fingerprint density at radius 1 is 1.42 bits per heavy atom. The lowest BCUT2D eigenvalue weighted by Crippen LogP contribution is -2.18. The summed E-state index contributed by atoms with van der Waals surface area (Å²) in [6, 6.07) is 8.74. The Kier molecular flexibility index (Phi) is 2.11. The molecule has 2 atom stereocenters. The van der Waals surface area contributed by atoms with Crippen molar-refractivity contribution in [3.05, 3.63) is 35.4 Å². The molecule has 0 bridgehead atoms. The molecule has 0 spiro atoms. The van der Waals surface area contributed by atoms with Crippen LogP contribution < -0.4 is 5.73 Å². The number of thioether (sulfide) groups is 1. The van der Waals surface area contributed by atoms with Gasteiger partial charge in [0.05, 0.1) is 0 Å². The molecule has 1 aromatic carbocycles. The van der Waals surface area contributed by atoms with Gasteiger partial charge in [-0.05, 0) is 23.8 Å². The summed E-state index contributed by atoms with van der Waals surface area (Å²) < 4.78 is 0. The summed E-state index contributed by atoms with van der Waals surface area (Å²) in [6.45, 7) is 0.